The molecule has 0 heterocycles. The van der Waals surface area contributed by atoms with Crippen LogP contribution in [0, 0.1) is 0 Å². The first-order chi connectivity index (χ1) is 7.93. The summed E-state index contributed by atoms with van der Waals surface area (Å²) in [6, 6.07) is 9.00. The summed E-state index contributed by atoms with van der Waals surface area (Å²) in [4.78, 5) is 0. The highest BCUT2D eigenvalue weighted by Crippen LogP contribution is 2.22. The van der Waals surface area contributed by atoms with Gasteiger partial charge in [0.1, 0.15) is 0 Å². The number of aryl methyl sites for hydroxylation is 1. The lowest BCUT2D eigenvalue weighted by atomic mass is 9.86. The van der Waals surface area contributed by atoms with E-state index >= 15 is 0 Å². The van der Waals surface area contributed by atoms with Gasteiger partial charge < -0.3 is 10.5 Å². The average Bonchev–Trinajstić information content (AvgIpc) is 2.26. The second kappa shape index (κ2) is 6.18. The van der Waals surface area contributed by atoms with E-state index in [1.54, 1.807) is 7.11 Å². The molecule has 0 saturated heterocycles. The number of hydrogen-bond donors (Lipinski definition) is 1. The van der Waals surface area contributed by atoms with Crippen LogP contribution < -0.4 is 5.73 Å². The van der Waals surface area contributed by atoms with Crippen molar-refractivity contribution in [1.29, 1.82) is 0 Å². The standard InChI is InChI=1S/C15H25NO/c1-15(2,3)13-8-5-12(6-9-13)7-10-14(16)11-17-4/h5-6,8-9,14H,7,10-11,16H2,1-4H3. The summed E-state index contributed by atoms with van der Waals surface area (Å²) in [5.41, 5.74) is 8.86. The number of benzene rings is 1. The molecule has 2 N–H and O–H groups in total. The molecule has 0 amide bonds. The number of ether oxygens (including phenoxy) is 1. The first-order valence-electron chi connectivity index (χ1n) is 6.27. The molecule has 0 aliphatic carbocycles. The molecule has 0 aromatic heterocycles. The number of nitrogens with two attached hydrogens (primary N) is 1. The molecule has 0 bridgehead atoms. The molecule has 1 unspecified atom stereocenters. The fraction of sp³-hybridized carbons (Fsp3) is 0.600. The molecule has 0 radical (unpaired) electrons. The highest BCUT2D eigenvalue weighted by atomic mass is 16.5. The highest BCUT2D eigenvalue weighted by molar-refractivity contribution is 5.27. The topological polar surface area (TPSA) is 35.2 Å². The van der Waals surface area contributed by atoms with Gasteiger partial charge in [-0.05, 0) is 29.4 Å². The fourth-order valence-electron chi connectivity index (χ4n) is 1.82. The molecule has 1 rings (SSSR count). The Balaban J connectivity index is 2.51. The highest BCUT2D eigenvalue weighted by Gasteiger charge is 2.12. The zero-order valence-electron chi connectivity index (χ0n) is 11.5. The minimum Gasteiger partial charge on any atom is -0.383 e. The van der Waals surface area contributed by atoms with Gasteiger partial charge in [0.15, 0.2) is 0 Å². The quantitative estimate of drug-likeness (QED) is 0.851. The summed E-state index contributed by atoms with van der Waals surface area (Å²) in [5.74, 6) is 0. The maximum absolute atomic E-state index is 5.91. The first-order valence-corrected chi connectivity index (χ1v) is 6.27. The Bertz CT molecular complexity index is 324. The Morgan fingerprint density at radius 2 is 1.76 bits per heavy atom. The third-order valence-electron chi connectivity index (χ3n) is 3.00. The molecule has 17 heavy (non-hydrogen) atoms. The van der Waals surface area contributed by atoms with Crippen molar-refractivity contribution in [2.24, 2.45) is 5.73 Å². The van der Waals surface area contributed by atoms with Crippen molar-refractivity contribution in [2.75, 3.05) is 13.7 Å². The first kappa shape index (κ1) is 14.2. The van der Waals surface area contributed by atoms with E-state index < -0.39 is 0 Å². The average molecular weight is 235 g/mol. The second-order valence-electron chi connectivity index (χ2n) is 5.70. The van der Waals surface area contributed by atoms with Gasteiger partial charge in [-0.3, -0.25) is 0 Å². The Morgan fingerprint density at radius 3 is 2.24 bits per heavy atom. The summed E-state index contributed by atoms with van der Waals surface area (Å²) in [5, 5.41) is 0. The second-order valence-corrected chi connectivity index (χ2v) is 5.70. The Morgan fingerprint density at radius 1 is 1.18 bits per heavy atom. The van der Waals surface area contributed by atoms with E-state index in [9.17, 15) is 0 Å². The smallest absolute Gasteiger partial charge is 0.0613 e. The molecule has 0 spiro atoms. The predicted molar refractivity (Wildman–Crippen MR) is 73.3 cm³/mol. The van der Waals surface area contributed by atoms with Gasteiger partial charge >= 0.3 is 0 Å². The lowest BCUT2D eigenvalue weighted by Crippen LogP contribution is -2.26. The van der Waals surface area contributed by atoms with E-state index in [1.807, 2.05) is 0 Å². The number of rotatable bonds is 5. The third-order valence-corrected chi connectivity index (χ3v) is 3.00. The van der Waals surface area contributed by atoms with Gasteiger partial charge in [-0.25, -0.2) is 0 Å². The van der Waals surface area contributed by atoms with Crippen molar-refractivity contribution in [1.82, 2.24) is 0 Å². The van der Waals surface area contributed by atoms with E-state index in [4.69, 9.17) is 10.5 Å². The van der Waals surface area contributed by atoms with Crippen LogP contribution in [0.2, 0.25) is 0 Å². The van der Waals surface area contributed by atoms with E-state index in [0.717, 1.165) is 12.8 Å². The van der Waals surface area contributed by atoms with Crippen molar-refractivity contribution < 1.29 is 4.74 Å². The Labute approximate surface area is 105 Å². The normalized spacial score (nSPS) is 13.7. The molecule has 0 aliphatic rings. The van der Waals surface area contributed by atoms with Crippen LogP contribution in [0.1, 0.15) is 38.3 Å². The maximum Gasteiger partial charge on any atom is 0.0613 e. The van der Waals surface area contributed by atoms with Crippen LogP contribution in [-0.2, 0) is 16.6 Å². The van der Waals surface area contributed by atoms with Gasteiger partial charge in [-0.15, -0.1) is 0 Å². The van der Waals surface area contributed by atoms with Gasteiger partial charge in [0.05, 0.1) is 6.61 Å². The lowest BCUT2D eigenvalue weighted by molar-refractivity contribution is 0.177. The molecule has 0 aliphatic heterocycles. The van der Waals surface area contributed by atoms with Crippen LogP contribution in [0.15, 0.2) is 24.3 Å². The minimum atomic E-state index is 0.141. The largest absolute Gasteiger partial charge is 0.383 e. The Hall–Kier alpha value is -0.860. The van der Waals surface area contributed by atoms with Crippen molar-refractivity contribution >= 4 is 0 Å². The van der Waals surface area contributed by atoms with Gasteiger partial charge in [0.25, 0.3) is 0 Å². The van der Waals surface area contributed by atoms with Crippen molar-refractivity contribution in [3.63, 3.8) is 0 Å². The van der Waals surface area contributed by atoms with Crippen LogP contribution >= 0.6 is 0 Å². The Kier molecular flexibility index (Phi) is 5.16. The van der Waals surface area contributed by atoms with Crippen LogP contribution in [0.5, 0.6) is 0 Å². The molecule has 96 valence electrons. The van der Waals surface area contributed by atoms with Crippen LogP contribution in [0.3, 0.4) is 0 Å². The summed E-state index contributed by atoms with van der Waals surface area (Å²) in [6.45, 7) is 7.34. The third kappa shape index (κ3) is 4.88. The summed E-state index contributed by atoms with van der Waals surface area (Å²) in [6.07, 6.45) is 2.00. The number of hydrogen-bond acceptors (Lipinski definition) is 2. The molecule has 2 nitrogen and oxygen atoms in total. The minimum absolute atomic E-state index is 0.141. The zero-order chi connectivity index (χ0) is 12.9. The van der Waals surface area contributed by atoms with Gasteiger partial charge in [-0.1, -0.05) is 45.0 Å². The van der Waals surface area contributed by atoms with Crippen LogP contribution in [-0.4, -0.2) is 19.8 Å². The molecule has 0 fully saturated rings. The van der Waals surface area contributed by atoms with Crippen molar-refractivity contribution in [3.8, 4) is 0 Å². The fourth-order valence-corrected chi connectivity index (χ4v) is 1.82. The monoisotopic (exact) mass is 235 g/mol. The van der Waals surface area contributed by atoms with E-state index in [-0.39, 0.29) is 11.5 Å². The van der Waals surface area contributed by atoms with Gasteiger partial charge in [0, 0.05) is 13.2 Å². The van der Waals surface area contributed by atoms with Crippen molar-refractivity contribution in [3.05, 3.63) is 35.4 Å². The molecule has 1 aromatic carbocycles. The summed E-state index contributed by atoms with van der Waals surface area (Å²) >= 11 is 0. The predicted octanol–water partition coefficient (Wildman–Crippen LogP) is 2.89. The zero-order valence-corrected chi connectivity index (χ0v) is 11.5. The number of methoxy groups -OCH3 is 1. The van der Waals surface area contributed by atoms with E-state index in [2.05, 4.69) is 45.0 Å². The van der Waals surface area contributed by atoms with Gasteiger partial charge in [-0.2, -0.15) is 0 Å². The van der Waals surface area contributed by atoms with E-state index in [1.165, 1.54) is 11.1 Å². The molecule has 0 saturated carbocycles. The lowest BCUT2D eigenvalue weighted by Gasteiger charge is -2.19. The SMILES string of the molecule is COCC(N)CCc1ccc(C(C)(C)C)cc1. The molecule has 2 heteroatoms. The summed E-state index contributed by atoms with van der Waals surface area (Å²) in [7, 11) is 1.69. The molecule has 1 atom stereocenters. The summed E-state index contributed by atoms with van der Waals surface area (Å²) < 4.78 is 5.03. The van der Waals surface area contributed by atoms with Gasteiger partial charge in [0.2, 0.25) is 0 Å². The molecular formula is C15H25NO. The van der Waals surface area contributed by atoms with E-state index in [0.29, 0.717) is 6.61 Å². The molecular weight excluding hydrogens is 210 g/mol. The molecule has 1 aromatic rings. The van der Waals surface area contributed by atoms with Crippen LogP contribution in [0.4, 0.5) is 0 Å². The van der Waals surface area contributed by atoms with Crippen molar-refractivity contribution in [2.45, 2.75) is 45.1 Å². The van der Waals surface area contributed by atoms with Crippen LogP contribution in [0.25, 0.3) is 0 Å². The maximum atomic E-state index is 5.91.